The van der Waals surface area contributed by atoms with Gasteiger partial charge in [-0.1, -0.05) is 61.9 Å². The number of hydrogen-bond donors (Lipinski definition) is 0. The molecule has 0 bridgehead atoms. The van der Waals surface area contributed by atoms with Crippen LogP contribution >= 0.6 is 0 Å². The number of benzene rings is 2. The third-order valence-corrected chi connectivity index (χ3v) is 4.11. The van der Waals surface area contributed by atoms with Crippen molar-refractivity contribution in [3.05, 3.63) is 78.6 Å². The minimum atomic E-state index is 0.583. The van der Waals surface area contributed by atoms with E-state index >= 15 is 0 Å². The van der Waals surface area contributed by atoms with Crippen molar-refractivity contribution in [1.29, 1.82) is 0 Å². The molecule has 0 unspecified atom stereocenters. The van der Waals surface area contributed by atoms with Gasteiger partial charge in [-0.2, -0.15) is 0 Å². The van der Waals surface area contributed by atoms with Crippen molar-refractivity contribution in [1.82, 2.24) is 9.97 Å². The van der Waals surface area contributed by atoms with Gasteiger partial charge in [0, 0.05) is 29.1 Å². The maximum absolute atomic E-state index is 10.7. The summed E-state index contributed by atoms with van der Waals surface area (Å²) < 4.78 is 5.70. The zero-order chi connectivity index (χ0) is 18.9. The van der Waals surface area contributed by atoms with Crippen LogP contribution in [-0.4, -0.2) is 22.9 Å². The number of nitrogens with zero attached hydrogens (tertiary/aromatic N) is 2. The zero-order valence-corrected chi connectivity index (χ0v) is 15.3. The molecule has 0 radical (unpaired) electrons. The first-order valence-corrected chi connectivity index (χ1v) is 9.06. The van der Waals surface area contributed by atoms with Gasteiger partial charge in [0.1, 0.15) is 18.6 Å². The summed E-state index contributed by atoms with van der Waals surface area (Å²) in [6.45, 7) is 2.74. The molecule has 0 aliphatic rings. The first-order valence-electron chi connectivity index (χ1n) is 9.06. The standard InChI is InChI=1S/C23H22N2O2/c1-2-3-4-5-14-27-22-12-10-19(11-13-22)21-15-24-23(25-16-21)20-8-6-18(17-26)7-9-20/h4-13,15-17H,2-3,14H2,1H3/b5-4+. The number of carbonyl (C=O) groups is 1. The zero-order valence-electron chi connectivity index (χ0n) is 15.3. The fourth-order valence-corrected chi connectivity index (χ4v) is 2.58. The molecule has 0 saturated carbocycles. The molecule has 0 fully saturated rings. The van der Waals surface area contributed by atoms with Crippen molar-refractivity contribution in [2.24, 2.45) is 0 Å². The Morgan fingerprint density at radius 3 is 2.15 bits per heavy atom. The van der Waals surface area contributed by atoms with Gasteiger partial charge in [0.05, 0.1) is 0 Å². The number of ether oxygens (including phenoxy) is 1. The summed E-state index contributed by atoms with van der Waals surface area (Å²) in [5, 5.41) is 0. The highest BCUT2D eigenvalue weighted by molar-refractivity contribution is 5.76. The van der Waals surface area contributed by atoms with Crippen molar-refractivity contribution >= 4 is 6.29 Å². The predicted octanol–water partition coefficient (Wildman–Crippen LogP) is 5.36. The lowest BCUT2D eigenvalue weighted by atomic mass is 10.1. The number of rotatable bonds is 8. The Morgan fingerprint density at radius 2 is 1.52 bits per heavy atom. The number of carbonyl (C=O) groups excluding carboxylic acids is 1. The van der Waals surface area contributed by atoms with Gasteiger partial charge in [-0.3, -0.25) is 4.79 Å². The summed E-state index contributed by atoms with van der Waals surface area (Å²) in [4.78, 5) is 19.6. The molecule has 0 N–H and O–H groups in total. The summed E-state index contributed by atoms with van der Waals surface area (Å²) in [7, 11) is 0. The van der Waals surface area contributed by atoms with Crippen molar-refractivity contribution < 1.29 is 9.53 Å². The van der Waals surface area contributed by atoms with Gasteiger partial charge in [0.25, 0.3) is 0 Å². The van der Waals surface area contributed by atoms with Crippen molar-refractivity contribution in [3.63, 3.8) is 0 Å². The maximum atomic E-state index is 10.7. The minimum Gasteiger partial charge on any atom is -0.490 e. The number of allylic oxidation sites excluding steroid dienone is 1. The fraction of sp³-hybridized carbons (Fsp3) is 0.174. The highest BCUT2D eigenvalue weighted by Gasteiger charge is 2.04. The minimum absolute atomic E-state index is 0.583. The Hall–Kier alpha value is -3.27. The molecule has 1 heterocycles. The van der Waals surface area contributed by atoms with E-state index in [1.54, 1.807) is 24.5 Å². The Morgan fingerprint density at radius 1 is 0.852 bits per heavy atom. The highest BCUT2D eigenvalue weighted by atomic mass is 16.5. The summed E-state index contributed by atoms with van der Waals surface area (Å²) in [5.41, 5.74) is 3.50. The Balaban J connectivity index is 1.65. The quantitative estimate of drug-likeness (QED) is 0.402. The first kappa shape index (κ1) is 18.5. The number of hydrogen-bond acceptors (Lipinski definition) is 4. The van der Waals surface area contributed by atoms with E-state index in [0.717, 1.165) is 41.6 Å². The molecule has 4 nitrogen and oxygen atoms in total. The fourth-order valence-electron chi connectivity index (χ4n) is 2.58. The molecular weight excluding hydrogens is 336 g/mol. The Kier molecular flexibility index (Phi) is 6.47. The third kappa shape index (κ3) is 5.11. The van der Waals surface area contributed by atoms with E-state index in [-0.39, 0.29) is 0 Å². The van der Waals surface area contributed by atoms with Gasteiger partial charge in [-0.15, -0.1) is 0 Å². The van der Waals surface area contributed by atoms with E-state index in [1.165, 1.54) is 0 Å². The van der Waals surface area contributed by atoms with Crippen molar-refractivity contribution in [2.75, 3.05) is 6.61 Å². The molecule has 0 atom stereocenters. The van der Waals surface area contributed by atoms with Crippen LogP contribution in [-0.2, 0) is 0 Å². The van der Waals surface area contributed by atoms with Crippen molar-refractivity contribution in [2.45, 2.75) is 19.8 Å². The van der Waals surface area contributed by atoms with E-state index in [9.17, 15) is 4.79 Å². The molecule has 0 saturated heterocycles. The number of unbranched alkanes of at least 4 members (excludes halogenated alkanes) is 1. The normalized spacial score (nSPS) is 10.9. The van der Waals surface area contributed by atoms with Crippen LogP contribution in [0.15, 0.2) is 73.1 Å². The van der Waals surface area contributed by atoms with E-state index in [0.29, 0.717) is 18.0 Å². The largest absolute Gasteiger partial charge is 0.490 e. The lowest BCUT2D eigenvalue weighted by molar-refractivity contribution is 0.112. The van der Waals surface area contributed by atoms with Gasteiger partial charge < -0.3 is 4.74 Å². The van der Waals surface area contributed by atoms with Crippen LogP contribution in [0.4, 0.5) is 0 Å². The van der Waals surface area contributed by atoms with Crippen LogP contribution < -0.4 is 4.74 Å². The molecule has 1 aromatic heterocycles. The summed E-state index contributed by atoms with van der Waals surface area (Å²) in [6.07, 6.45) is 10.8. The van der Waals surface area contributed by atoms with Crippen LogP contribution in [0.5, 0.6) is 5.75 Å². The van der Waals surface area contributed by atoms with Gasteiger partial charge in [-0.25, -0.2) is 9.97 Å². The summed E-state index contributed by atoms with van der Waals surface area (Å²) in [6, 6.07) is 15.1. The highest BCUT2D eigenvalue weighted by Crippen LogP contribution is 2.23. The maximum Gasteiger partial charge on any atom is 0.159 e. The molecular formula is C23H22N2O2. The molecule has 0 aliphatic carbocycles. The van der Waals surface area contributed by atoms with Crippen LogP contribution in [0.3, 0.4) is 0 Å². The molecule has 4 heteroatoms. The second-order valence-corrected chi connectivity index (χ2v) is 6.13. The molecule has 3 rings (SSSR count). The van der Waals surface area contributed by atoms with E-state index in [4.69, 9.17) is 4.74 Å². The predicted molar refractivity (Wildman–Crippen MR) is 108 cm³/mol. The molecule has 0 amide bonds. The third-order valence-electron chi connectivity index (χ3n) is 4.11. The molecule has 27 heavy (non-hydrogen) atoms. The van der Waals surface area contributed by atoms with Crippen LogP contribution in [0, 0.1) is 0 Å². The van der Waals surface area contributed by atoms with Crippen LogP contribution in [0.25, 0.3) is 22.5 Å². The first-order chi connectivity index (χ1) is 13.3. The van der Waals surface area contributed by atoms with Gasteiger partial charge in [0.15, 0.2) is 5.82 Å². The molecule has 3 aromatic rings. The van der Waals surface area contributed by atoms with E-state index < -0.39 is 0 Å². The summed E-state index contributed by atoms with van der Waals surface area (Å²) >= 11 is 0. The van der Waals surface area contributed by atoms with Crippen LogP contribution in [0.1, 0.15) is 30.1 Å². The second kappa shape index (κ2) is 9.43. The molecule has 0 aliphatic heterocycles. The molecule has 2 aromatic carbocycles. The van der Waals surface area contributed by atoms with Gasteiger partial charge >= 0.3 is 0 Å². The summed E-state index contributed by atoms with van der Waals surface area (Å²) in [5.74, 6) is 1.47. The lowest BCUT2D eigenvalue weighted by Gasteiger charge is -2.06. The van der Waals surface area contributed by atoms with Gasteiger partial charge in [-0.05, 0) is 24.1 Å². The average molecular weight is 358 g/mol. The lowest BCUT2D eigenvalue weighted by Crippen LogP contribution is -1.93. The van der Waals surface area contributed by atoms with Gasteiger partial charge in [0.2, 0.25) is 0 Å². The second-order valence-electron chi connectivity index (χ2n) is 6.13. The monoisotopic (exact) mass is 358 g/mol. The Bertz CT molecular complexity index is 883. The molecule has 136 valence electrons. The Labute approximate surface area is 159 Å². The van der Waals surface area contributed by atoms with E-state index in [2.05, 4.69) is 23.0 Å². The number of aromatic nitrogens is 2. The van der Waals surface area contributed by atoms with E-state index in [1.807, 2.05) is 42.5 Å². The number of aldehydes is 1. The SMILES string of the molecule is CCC/C=C/COc1ccc(-c2cnc(-c3ccc(C=O)cc3)nc2)cc1. The van der Waals surface area contributed by atoms with Crippen LogP contribution in [0.2, 0.25) is 0 Å². The smallest absolute Gasteiger partial charge is 0.159 e. The average Bonchev–Trinajstić information content (AvgIpc) is 2.74. The molecule has 0 spiro atoms. The van der Waals surface area contributed by atoms with Crippen molar-refractivity contribution in [3.8, 4) is 28.3 Å². The topological polar surface area (TPSA) is 52.1 Å².